The van der Waals surface area contributed by atoms with Gasteiger partial charge in [-0.2, -0.15) is 4.99 Å². The minimum absolute atomic E-state index is 0.133. The van der Waals surface area contributed by atoms with Gasteiger partial charge in [-0.25, -0.2) is 4.99 Å². The summed E-state index contributed by atoms with van der Waals surface area (Å²) in [5, 5.41) is 0.437. The molecule has 0 aliphatic carbocycles. The Morgan fingerprint density at radius 2 is 1.76 bits per heavy atom. The van der Waals surface area contributed by atoms with E-state index in [0.29, 0.717) is 22.2 Å². The molecule has 0 atom stereocenters. The molecule has 4 N–H and O–H groups in total. The first-order valence-corrected chi connectivity index (χ1v) is 6.59. The third-order valence-electron chi connectivity index (χ3n) is 3.09. The number of aliphatic imine (C=N–C) groups is 2. The lowest BCUT2D eigenvalue weighted by Gasteiger charge is -2.39. The van der Waals surface area contributed by atoms with Crippen molar-refractivity contribution in [2.24, 2.45) is 21.5 Å². The van der Waals surface area contributed by atoms with Gasteiger partial charge in [-0.05, 0) is 13.8 Å². The van der Waals surface area contributed by atoms with Gasteiger partial charge < -0.3 is 20.9 Å². The zero-order chi connectivity index (χ0) is 15.8. The maximum Gasteiger partial charge on any atom is 0.220 e. The molecule has 0 saturated carbocycles. The minimum Gasteiger partial charge on any atom is -0.495 e. The van der Waals surface area contributed by atoms with Crippen LogP contribution in [0.1, 0.15) is 13.8 Å². The van der Waals surface area contributed by atoms with E-state index in [-0.39, 0.29) is 11.9 Å². The molecule has 8 heteroatoms. The molecule has 0 amide bonds. The number of nitrogens with zero attached hydrogens (tertiary/aromatic N) is 3. The Balaban J connectivity index is 2.63. The van der Waals surface area contributed by atoms with Crippen LogP contribution >= 0.6 is 11.6 Å². The van der Waals surface area contributed by atoms with Crippen LogP contribution in [0.5, 0.6) is 11.5 Å². The first-order chi connectivity index (χ1) is 9.80. The highest BCUT2D eigenvalue weighted by atomic mass is 35.5. The Hall–Kier alpha value is -2.15. The number of hydrogen-bond donors (Lipinski definition) is 2. The summed E-state index contributed by atoms with van der Waals surface area (Å²) < 4.78 is 10.6. The van der Waals surface area contributed by atoms with Crippen molar-refractivity contribution >= 4 is 29.2 Å². The van der Waals surface area contributed by atoms with E-state index in [1.165, 1.54) is 7.11 Å². The van der Waals surface area contributed by atoms with Gasteiger partial charge in [-0.15, -0.1) is 0 Å². The van der Waals surface area contributed by atoms with Crippen molar-refractivity contribution in [2.75, 3.05) is 19.1 Å². The molecule has 1 heterocycles. The van der Waals surface area contributed by atoms with Crippen molar-refractivity contribution in [3.8, 4) is 11.5 Å². The van der Waals surface area contributed by atoms with Crippen molar-refractivity contribution < 1.29 is 9.47 Å². The molecule has 0 unspecified atom stereocenters. The average molecular weight is 312 g/mol. The van der Waals surface area contributed by atoms with Crippen LogP contribution in [-0.4, -0.2) is 31.8 Å². The number of guanidine groups is 2. The second-order valence-corrected chi connectivity index (χ2v) is 5.34. The molecule has 0 saturated heterocycles. The van der Waals surface area contributed by atoms with Gasteiger partial charge in [0.15, 0.2) is 0 Å². The van der Waals surface area contributed by atoms with E-state index in [1.54, 1.807) is 24.1 Å². The minimum atomic E-state index is -0.720. The van der Waals surface area contributed by atoms with Crippen LogP contribution in [-0.2, 0) is 0 Å². The number of halogens is 1. The first-order valence-electron chi connectivity index (χ1n) is 6.21. The molecule has 0 spiro atoms. The van der Waals surface area contributed by atoms with Crippen molar-refractivity contribution in [2.45, 2.75) is 19.5 Å². The van der Waals surface area contributed by atoms with Gasteiger partial charge in [-0.3, -0.25) is 4.90 Å². The molecule has 0 aromatic heterocycles. The molecule has 0 bridgehead atoms. The third-order valence-corrected chi connectivity index (χ3v) is 3.38. The van der Waals surface area contributed by atoms with E-state index in [1.807, 2.05) is 13.8 Å². The fourth-order valence-electron chi connectivity index (χ4n) is 2.24. The highest BCUT2D eigenvalue weighted by molar-refractivity contribution is 6.32. The fraction of sp³-hybridized carbons (Fsp3) is 0.385. The van der Waals surface area contributed by atoms with Crippen LogP contribution in [0.4, 0.5) is 5.69 Å². The predicted molar refractivity (Wildman–Crippen MR) is 84.4 cm³/mol. The van der Waals surface area contributed by atoms with E-state index in [4.69, 9.17) is 32.5 Å². The lowest BCUT2D eigenvalue weighted by molar-refractivity contribution is 0.400. The Labute approximate surface area is 128 Å². The van der Waals surface area contributed by atoms with E-state index in [0.717, 1.165) is 0 Å². The largest absolute Gasteiger partial charge is 0.495 e. The lowest BCUT2D eigenvalue weighted by Crippen LogP contribution is -2.54. The highest BCUT2D eigenvalue weighted by Crippen LogP contribution is 2.41. The van der Waals surface area contributed by atoms with Crippen LogP contribution in [0, 0.1) is 0 Å². The standard InChI is InChI=1S/C13H18ClN5O2/c1-13(2)18-11(15)17-12(16)19(13)8-6-9(20-3)7(14)5-10(8)21-4/h5-6H,1-4H3,(H4,15,16,17,18). The Kier molecular flexibility index (Phi) is 3.87. The Morgan fingerprint density at radius 3 is 2.29 bits per heavy atom. The smallest absolute Gasteiger partial charge is 0.220 e. The maximum absolute atomic E-state index is 6.12. The van der Waals surface area contributed by atoms with Gasteiger partial charge in [0.25, 0.3) is 0 Å². The van der Waals surface area contributed by atoms with Gasteiger partial charge in [-0.1, -0.05) is 11.6 Å². The van der Waals surface area contributed by atoms with Crippen molar-refractivity contribution in [3.05, 3.63) is 17.2 Å². The monoisotopic (exact) mass is 311 g/mol. The fourth-order valence-corrected chi connectivity index (χ4v) is 2.47. The van der Waals surface area contributed by atoms with Crippen molar-refractivity contribution in [3.63, 3.8) is 0 Å². The predicted octanol–water partition coefficient (Wildman–Crippen LogP) is 1.54. The normalized spacial score (nSPS) is 17.1. The molecule has 1 aromatic carbocycles. The van der Waals surface area contributed by atoms with Gasteiger partial charge in [0.2, 0.25) is 11.9 Å². The summed E-state index contributed by atoms with van der Waals surface area (Å²) in [6.45, 7) is 3.73. The van der Waals surface area contributed by atoms with E-state index in [9.17, 15) is 0 Å². The summed E-state index contributed by atoms with van der Waals surface area (Å²) in [5.74, 6) is 1.38. The van der Waals surface area contributed by atoms with Gasteiger partial charge in [0.1, 0.15) is 17.2 Å². The van der Waals surface area contributed by atoms with Crippen LogP contribution < -0.4 is 25.8 Å². The van der Waals surface area contributed by atoms with Crippen molar-refractivity contribution in [1.29, 1.82) is 0 Å². The number of ether oxygens (including phenoxy) is 2. The number of nitrogens with two attached hydrogens (primary N) is 2. The summed E-state index contributed by atoms with van der Waals surface area (Å²) in [5.41, 5.74) is 11.6. The molecular weight excluding hydrogens is 294 g/mol. The zero-order valence-corrected chi connectivity index (χ0v) is 13.1. The van der Waals surface area contributed by atoms with Gasteiger partial charge >= 0.3 is 0 Å². The topological polar surface area (TPSA) is 98.5 Å². The SMILES string of the molecule is COc1cc(N2C(N)=NC(N)=NC2(C)C)c(OC)cc1Cl. The van der Waals surface area contributed by atoms with Gasteiger partial charge in [0, 0.05) is 12.1 Å². The number of methoxy groups -OCH3 is 2. The Morgan fingerprint density at radius 1 is 1.14 bits per heavy atom. The second-order valence-electron chi connectivity index (χ2n) is 4.93. The molecule has 114 valence electrons. The molecule has 7 nitrogen and oxygen atoms in total. The third kappa shape index (κ3) is 2.69. The van der Waals surface area contributed by atoms with E-state index in [2.05, 4.69) is 9.98 Å². The molecule has 0 radical (unpaired) electrons. The summed E-state index contributed by atoms with van der Waals surface area (Å²) in [7, 11) is 3.08. The second kappa shape index (κ2) is 5.33. The number of benzene rings is 1. The molecule has 1 aliphatic heterocycles. The van der Waals surface area contributed by atoms with E-state index >= 15 is 0 Å². The summed E-state index contributed by atoms with van der Waals surface area (Å²) >= 11 is 6.12. The van der Waals surface area contributed by atoms with Crippen molar-refractivity contribution in [1.82, 2.24) is 0 Å². The number of hydrogen-bond acceptors (Lipinski definition) is 7. The lowest BCUT2D eigenvalue weighted by atomic mass is 10.1. The Bertz CT molecular complexity index is 627. The average Bonchev–Trinajstić information content (AvgIpc) is 2.37. The molecule has 1 aliphatic rings. The zero-order valence-electron chi connectivity index (χ0n) is 12.3. The first kappa shape index (κ1) is 15.2. The van der Waals surface area contributed by atoms with Crippen LogP contribution in [0.3, 0.4) is 0 Å². The molecular formula is C13H18ClN5O2. The van der Waals surface area contributed by atoms with Crippen LogP contribution in [0.15, 0.2) is 22.1 Å². The van der Waals surface area contributed by atoms with Crippen LogP contribution in [0.25, 0.3) is 0 Å². The molecule has 2 rings (SSSR count). The summed E-state index contributed by atoms with van der Waals surface area (Å²) in [6.07, 6.45) is 0. The summed E-state index contributed by atoms with van der Waals surface area (Å²) in [6, 6.07) is 3.38. The maximum atomic E-state index is 6.12. The quantitative estimate of drug-likeness (QED) is 0.882. The van der Waals surface area contributed by atoms with Gasteiger partial charge in [0.05, 0.1) is 24.9 Å². The molecule has 21 heavy (non-hydrogen) atoms. The molecule has 0 fully saturated rings. The van der Waals surface area contributed by atoms with Crippen LogP contribution in [0.2, 0.25) is 5.02 Å². The number of rotatable bonds is 3. The highest BCUT2D eigenvalue weighted by Gasteiger charge is 2.35. The number of anilines is 1. The van der Waals surface area contributed by atoms with E-state index < -0.39 is 5.66 Å². The molecule has 1 aromatic rings. The summed E-state index contributed by atoms with van der Waals surface area (Å²) in [4.78, 5) is 10.0.